The van der Waals surface area contributed by atoms with Gasteiger partial charge in [0.15, 0.2) is 0 Å². The van der Waals surface area contributed by atoms with E-state index >= 15 is 0 Å². The fourth-order valence-corrected chi connectivity index (χ4v) is 7.17. The van der Waals surface area contributed by atoms with Crippen LogP contribution in [0.15, 0.2) is 42.5 Å². The molecule has 0 radical (unpaired) electrons. The molecular weight excluding hydrogens is 346 g/mol. The van der Waals surface area contributed by atoms with Crippen molar-refractivity contribution in [3.63, 3.8) is 0 Å². The van der Waals surface area contributed by atoms with Gasteiger partial charge in [-0.3, -0.25) is 0 Å². The number of hydrogen-bond donors (Lipinski definition) is 3. The molecule has 3 N–H and O–H groups in total. The highest BCUT2D eigenvalue weighted by atomic mass is 16.3. The van der Waals surface area contributed by atoms with Gasteiger partial charge in [-0.05, 0) is 93.1 Å². The van der Waals surface area contributed by atoms with Crippen molar-refractivity contribution >= 4 is 10.9 Å². The second-order valence-corrected chi connectivity index (χ2v) is 10.3. The smallest absolute Gasteiger partial charge is 0.0679 e. The zero-order valence-corrected chi connectivity index (χ0v) is 17.1. The van der Waals surface area contributed by atoms with Crippen LogP contribution < -0.4 is 0 Å². The van der Waals surface area contributed by atoms with E-state index in [0.717, 1.165) is 38.5 Å². The first-order valence-corrected chi connectivity index (χ1v) is 11.0. The number of hydrogen-bond acceptors (Lipinski definition) is 2. The fourth-order valence-electron chi connectivity index (χ4n) is 7.17. The van der Waals surface area contributed by atoms with Crippen molar-refractivity contribution in [1.29, 1.82) is 0 Å². The lowest BCUT2D eigenvalue weighted by Gasteiger charge is -2.41. The third-order valence-corrected chi connectivity index (χ3v) is 8.58. The Bertz CT molecular complexity index is 875. The molecule has 2 aromatic rings. The predicted octanol–water partition coefficient (Wildman–Crippen LogP) is 4.84. The Balaban J connectivity index is 1.45. The molecule has 0 unspecified atom stereocenters. The Morgan fingerprint density at radius 3 is 2.75 bits per heavy atom. The number of benzene rings is 1. The quantitative estimate of drug-likeness (QED) is 0.668. The van der Waals surface area contributed by atoms with Gasteiger partial charge in [-0.2, -0.15) is 0 Å². The number of aliphatic hydroxyl groups is 2. The number of fused-ring (bicyclic) bond motifs is 3. The molecule has 3 nitrogen and oxygen atoms in total. The Morgan fingerprint density at radius 1 is 1.18 bits per heavy atom. The van der Waals surface area contributed by atoms with Crippen LogP contribution in [0, 0.1) is 29.6 Å². The fraction of sp³-hybridized carbons (Fsp3) is 0.600. The molecule has 2 bridgehead atoms. The normalized spacial score (nSPS) is 42.5. The number of allylic oxidation sites excluding steroid dienone is 1. The maximum absolute atomic E-state index is 11.5. The summed E-state index contributed by atoms with van der Waals surface area (Å²) in [5, 5.41) is 23.9. The van der Waals surface area contributed by atoms with E-state index in [1.54, 1.807) is 0 Å². The summed E-state index contributed by atoms with van der Waals surface area (Å²) in [7, 11) is 0. The van der Waals surface area contributed by atoms with Crippen molar-refractivity contribution in [2.45, 2.75) is 63.6 Å². The van der Waals surface area contributed by atoms with Crippen LogP contribution in [-0.2, 0) is 6.42 Å². The number of H-pyrrole nitrogens is 1. The van der Waals surface area contributed by atoms with Crippen LogP contribution in [-0.4, -0.2) is 26.4 Å². The van der Waals surface area contributed by atoms with E-state index in [2.05, 4.69) is 41.9 Å². The lowest BCUT2D eigenvalue weighted by molar-refractivity contribution is -0.0780. The second-order valence-electron chi connectivity index (χ2n) is 10.3. The Kier molecular flexibility index (Phi) is 4.09. The Labute approximate surface area is 167 Å². The molecule has 0 saturated heterocycles. The number of rotatable bonds is 3. The number of aromatic nitrogens is 1. The van der Waals surface area contributed by atoms with Crippen LogP contribution in [0.5, 0.6) is 0 Å². The molecule has 0 spiro atoms. The van der Waals surface area contributed by atoms with Crippen molar-refractivity contribution in [3.8, 4) is 0 Å². The van der Waals surface area contributed by atoms with E-state index in [1.807, 2.05) is 13.8 Å². The summed E-state index contributed by atoms with van der Waals surface area (Å²) in [5.41, 5.74) is 2.32. The lowest BCUT2D eigenvalue weighted by atomic mass is 9.65. The molecule has 1 aromatic carbocycles. The van der Waals surface area contributed by atoms with E-state index < -0.39 is 11.2 Å². The molecule has 6 rings (SSSR count). The van der Waals surface area contributed by atoms with Crippen LogP contribution in [0.3, 0.4) is 0 Å². The van der Waals surface area contributed by atoms with Gasteiger partial charge >= 0.3 is 0 Å². The summed E-state index contributed by atoms with van der Waals surface area (Å²) < 4.78 is 0. The summed E-state index contributed by atoms with van der Waals surface area (Å²) in [6, 6.07) is 10.6. The first kappa shape index (κ1) is 18.4. The van der Waals surface area contributed by atoms with Crippen LogP contribution in [0.1, 0.15) is 51.6 Å². The van der Waals surface area contributed by atoms with Crippen LogP contribution in [0.2, 0.25) is 0 Å². The average Bonchev–Trinajstić information content (AvgIpc) is 3.15. The molecule has 1 heterocycles. The Morgan fingerprint density at radius 2 is 1.96 bits per heavy atom. The topological polar surface area (TPSA) is 56.2 Å². The highest BCUT2D eigenvalue weighted by Crippen LogP contribution is 2.61. The summed E-state index contributed by atoms with van der Waals surface area (Å²) in [6.45, 7) is 8.58. The average molecular weight is 380 g/mol. The van der Waals surface area contributed by atoms with Gasteiger partial charge in [0.1, 0.15) is 0 Å². The predicted molar refractivity (Wildman–Crippen MR) is 113 cm³/mol. The van der Waals surface area contributed by atoms with Gasteiger partial charge in [-0.1, -0.05) is 30.4 Å². The van der Waals surface area contributed by atoms with E-state index in [1.165, 1.54) is 22.2 Å². The van der Waals surface area contributed by atoms with Gasteiger partial charge < -0.3 is 15.2 Å². The molecule has 4 fully saturated rings. The minimum Gasteiger partial charge on any atom is -0.390 e. The second kappa shape index (κ2) is 6.21. The number of aromatic amines is 1. The first-order valence-electron chi connectivity index (χ1n) is 11.0. The van der Waals surface area contributed by atoms with E-state index in [0.29, 0.717) is 17.8 Å². The van der Waals surface area contributed by atoms with Crippen LogP contribution in [0.25, 0.3) is 10.9 Å². The molecule has 28 heavy (non-hydrogen) atoms. The molecule has 150 valence electrons. The van der Waals surface area contributed by atoms with Gasteiger partial charge in [0, 0.05) is 17.6 Å². The summed E-state index contributed by atoms with van der Waals surface area (Å²) in [4.78, 5) is 3.54. The Hall–Kier alpha value is -1.58. The summed E-state index contributed by atoms with van der Waals surface area (Å²) >= 11 is 0. The largest absolute Gasteiger partial charge is 0.390 e. The van der Waals surface area contributed by atoms with Gasteiger partial charge in [-0.15, -0.1) is 0 Å². The third-order valence-electron chi connectivity index (χ3n) is 8.58. The maximum atomic E-state index is 11.5. The van der Waals surface area contributed by atoms with Crippen LogP contribution >= 0.6 is 0 Å². The zero-order chi connectivity index (χ0) is 19.7. The highest BCUT2D eigenvalue weighted by Gasteiger charge is 2.61. The number of nitrogens with one attached hydrogen (secondary N) is 1. The van der Waals surface area contributed by atoms with E-state index in [-0.39, 0.29) is 11.8 Å². The molecule has 3 heteroatoms. The molecule has 0 aliphatic heterocycles. The minimum absolute atomic E-state index is 0.180. The van der Waals surface area contributed by atoms with Crippen LogP contribution in [0.4, 0.5) is 0 Å². The third kappa shape index (κ3) is 2.70. The monoisotopic (exact) mass is 379 g/mol. The molecule has 4 saturated carbocycles. The van der Waals surface area contributed by atoms with Gasteiger partial charge in [0.25, 0.3) is 0 Å². The summed E-state index contributed by atoms with van der Waals surface area (Å²) in [6.07, 6.45) is 5.80. The highest BCUT2D eigenvalue weighted by molar-refractivity contribution is 5.80. The molecule has 4 aliphatic rings. The number of para-hydroxylation sites is 1. The van der Waals surface area contributed by atoms with Crippen molar-refractivity contribution in [2.75, 3.05) is 0 Å². The van der Waals surface area contributed by atoms with Crippen molar-refractivity contribution < 1.29 is 10.2 Å². The SMILES string of the molecule is C=C(Cc1cc2ccccc2[nH]1)[C@H]1C[C@H]2CC[C@@H]1[C@H]1[C@H](CC[C@]1(C)O)[C@]2(C)O. The lowest BCUT2D eigenvalue weighted by Crippen LogP contribution is -2.44. The van der Waals surface area contributed by atoms with Gasteiger partial charge in [-0.25, -0.2) is 0 Å². The van der Waals surface area contributed by atoms with E-state index in [9.17, 15) is 10.2 Å². The van der Waals surface area contributed by atoms with Crippen molar-refractivity contribution in [2.24, 2.45) is 29.6 Å². The van der Waals surface area contributed by atoms with E-state index in [4.69, 9.17) is 0 Å². The first-order chi connectivity index (χ1) is 13.3. The van der Waals surface area contributed by atoms with Crippen molar-refractivity contribution in [1.82, 2.24) is 4.98 Å². The standard InChI is InChI=1S/C25H33NO2/c1-15(12-18-13-16-6-4-5-7-22(16)26-18)20-14-17-8-9-19(20)23-21(25(17,3)28)10-11-24(23,2)27/h4-7,13,17,19-21,23,26-28H,1,8-12,14H2,2-3H3/t17-,19+,20-,21+,23+,24+,25-/m1/s1. The summed E-state index contributed by atoms with van der Waals surface area (Å²) in [5.74, 6) is 1.53. The molecule has 0 amide bonds. The van der Waals surface area contributed by atoms with Gasteiger partial charge in [0.2, 0.25) is 0 Å². The van der Waals surface area contributed by atoms with Crippen molar-refractivity contribution in [3.05, 3.63) is 48.2 Å². The zero-order valence-electron chi connectivity index (χ0n) is 17.1. The molecule has 7 atom stereocenters. The maximum Gasteiger partial charge on any atom is 0.0679 e. The molecule has 1 aromatic heterocycles. The molecule has 4 aliphatic carbocycles. The van der Waals surface area contributed by atoms with Gasteiger partial charge in [0.05, 0.1) is 11.2 Å². The molecular formula is C25H33NO2. The minimum atomic E-state index is -0.671.